The van der Waals surface area contributed by atoms with E-state index in [1.54, 1.807) is 14.0 Å². The molecule has 0 saturated carbocycles. The van der Waals surface area contributed by atoms with Crippen LogP contribution in [0.15, 0.2) is 0 Å². The molecule has 0 aliphatic rings. The van der Waals surface area contributed by atoms with Crippen LogP contribution in [0.4, 0.5) is 0 Å². The summed E-state index contributed by atoms with van der Waals surface area (Å²) in [4.78, 5) is 11.2. The van der Waals surface area contributed by atoms with Crippen LogP contribution in [0, 0.1) is 0 Å². The first-order chi connectivity index (χ1) is 3.18. The number of nitrogens with zero attached hydrogens (tertiary/aromatic N) is 1. The van der Waals surface area contributed by atoms with Crippen molar-refractivity contribution in [3.8, 4) is 0 Å². The largest absolute Gasteiger partial charge is 0.332 e. The number of carbonyl (C=O) groups is 1. The summed E-state index contributed by atoms with van der Waals surface area (Å²) in [5.41, 5.74) is -0.197. The minimum atomic E-state index is -0.197. The third kappa shape index (κ3) is 2.45. The number of alkyl halides is 1. The van der Waals surface area contributed by atoms with Gasteiger partial charge in [-0.3, -0.25) is 4.79 Å². The molecule has 0 aromatic rings. The fourth-order valence-corrected chi connectivity index (χ4v) is 0.130. The number of rotatable bonds is 2. The predicted molar refractivity (Wildman–Crippen MR) is 29.1 cm³/mol. The van der Waals surface area contributed by atoms with Crippen molar-refractivity contribution in [2.24, 2.45) is 0 Å². The van der Waals surface area contributed by atoms with Gasteiger partial charge in [-0.2, -0.15) is 0 Å². The predicted octanol–water partition coefficient (Wildman–Crippen LogP) is 0.659. The van der Waals surface area contributed by atoms with E-state index in [-0.39, 0.29) is 5.50 Å². The maximum Gasteiger partial charge on any atom is 0.210 e. The first-order valence-electron chi connectivity index (χ1n) is 1.99. The third-order valence-corrected chi connectivity index (χ3v) is 1.04. The Morgan fingerprint density at radius 2 is 2.29 bits per heavy atom. The molecule has 0 heterocycles. The summed E-state index contributed by atoms with van der Waals surface area (Å²) in [7, 11) is 1.63. The summed E-state index contributed by atoms with van der Waals surface area (Å²) in [6, 6.07) is 0. The van der Waals surface area contributed by atoms with E-state index in [1.165, 1.54) is 4.90 Å². The lowest BCUT2D eigenvalue weighted by Gasteiger charge is -2.11. The van der Waals surface area contributed by atoms with Gasteiger partial charge in [-0.05, 0) is 6.92 Å². The molecule has 42 valence electrons. The number of amides is 1. The van der Waals surface area contributed by atoms with Gasteiger partial charge in [-0.15, -0.1) is 0 Å². The minimum Gasteiger partial charge on any atom is -0.332 e. The van der Waals surface area contributed by atoms with Crippen molar-refractivity contribution < 1.29 is 4.79 Å². The van der Waals surface area contributed by atoms with Crippen LogP contribution in [0.5, 0.6) is 0 Å². The summed E-state index contributed by atoms with van der Waals surface area (Å²) in [5.74, 6) is 0. The summed E-state index contributed by atoms with van der Waals surface area (Å²) in [6.45, 7) is 1.73. The zero-order valence-electron chi connectivity index (χ0n) is 4.39. The lowest BCUT2D eigenvalue weighted by atomic mass is 10.7. The van der Waals surface area contributed by atoms with Gasteiger partial charge >= 0.3 is 0 Å². The van der Waals surface area contributed by atoms with Gasteiger partial charge < -0.3 is 4.90 Å². The second-order valence-electron chi connectivity index (χ2n) is 1.34. The van der Waals surface area contributed by atoms with Crippen molar-refractivity contribution in [1.82, 2.24) is 4.90 Å². The van der Waals surface area contributed by atoms with Gasteiger partial charge in [-0.1, -0.05) is 11.6 Å². The molecule has 0 bridgehead atoms. The average Bonchev–Trinajstić information content (AvgIpc) is 1.65. The Hall–Kier alpha value is -0.240. The van der Waals surface area contributed by atoms with Crippen LogP contribution >= 0.6 is 11.6 Å². The third-order valence-electron chi connectivity index (χ3n) is 0.727. The van der Waals surface area contributed by atoms with E-state index in [9.17, 15) is 4.79 Å². The lowest BCUT2D eigenvalue weighted by Crippen LogP contribution is -2.21. The van der Waals surface area contributed by atoms with Crippen molar-refractivity contribution in [1.29, 1.82) is 0 Å². The Morgan fingerprint density at radius 1 is 1.86 bits per heavy atom. The topological polar surface area (TPSA) is 20.3 Å². The molecule has 0 radical (unpaired) electrons. The highest BCUT2D eigenvalue weighted by molar-refractivity contribution is 6.20. The van der Waals surface area contributed by atoms with Gasteiger partial charge in [-0.25, -0.2) is 0 Å². The molecule has 3 heteroatoms. The number of hydrogen-bond acceptors (Lipinski definition) is 1. The average molecular weight is 122 g/mol. The first kappa shape index (κ1) is 6.76. The monoisotopic (exact) mass is 121 g/mol. The molecule has 0 spiro atoms. The quantitative estimate of drug-likeness (QED) is 0.299. The first-order valence-corrected chi connectivity index (χ1v) is 2.43. The Labute approximate surface area is 48.1 Å². The maximum absolute atomic E-state index is 9.79. The van der Waals surface area contributed by atoms with E-state index < -0.39 is 0 Å². The Morgan fingerprint density at radius 3 is 2.29 bits per heavy atom. The molecular weight excluding hydrogens is 114 g/mol. The molecule has 1 unspecified atom stereocenters. The van der Waals surface area contributed by atoms with Crippen molar-refractivity contribution in [3.05, 3.63) is 0 Å². The van der Waals surface area contributed by atoms with E-state index in [4.69, 9.17) is 11.6 Å². The molecule has 0 aromatic heterocycles. The van der Waals surface area contributed by atoms with Gasteiger partial charge in [0.1, 0.15) is 5.50 Å². The van der Waals surface area contributed by atoms with Crippen LogP contribution in [0.25, 0.3) is 0 Å². The summed E-state index contributed by atoms with van der Waals surface area (Å²) in [6.07, 6.45) is 0.692. The molecule has 2 nitrogen and oxygen atoms in total. The normalized spacial score (nSPS) is 13.0. The molecule has 0 aliphatic heterocycles. The molecule has 1 atom stereocenters. The van der Waals surface area contributed by atoms with Crippen molar-refractivity contribution in [2.45, 2.75) is 12.4 Å². The highest BCUT2D eigenvalue weighted by atomic mass is 35.5. The van der Waals surface area contributed by atoms with E-state index in [0.717, 1.165) is 0 Å². The number of carbonyl (C=O) groups excluding carboxylic acids is 1. The lowest BCUT2D eigenvalue weighted by molar-refractivity contribution is -0.117. The standard InChI is InChI=1S/C4H8ClNO/c1-4(5)6(2)3-7/h3-4H,1-2H3. The maximum atomic E-state index is 9.79. The van der Waals surface area contributed by atoms with Gasteiger partial charge in [0, 0.05) is 7.05 Å². The van der Waals surface area contributed by atoms with Crippen LogP contribution < -0.4 is 0 Å². The van der Waals surface area contributed by atoms with Gasteiger partial charge in [0.05, 0.1) is 0 Å². The fraction of sp³-hybridized carbons (Fsp3) is 0.750. The van der Waals surface area contributed by atoms with Crippen molar-refractivity contribution in [2.75, 3.05) is 7.05 Å². The van der Waals surface area contributed by atoms with E-state index in [1.807, 2.05) is 0 Å². The van der Waals surface area contributed by atoms with E-state index in [0.29, 0.717) is 6.41 Å². The van der Waals surface area contributed by atoms with Crippen LogP contribution in [-0.2, 0) is 4.79 Å². The Kier molecular flexibility index (Phi) is 2.76. The second kappa shape index (κ2) is 2.86. The van der Waals surface area contributed by atoms with Crippen LogP contribution in [0.2, 0.25) is 0 Å². The SMILES string of the molecule is CC(Cl)N(C)C=O. The fourth-order valence-electron chi connectivity index (χ4n) is 0.0839. The smallest absolute Gasteiger partial charge is 0.210 e. The molecule has 0 fully saturated rings. The molecule has 0 saturated heterocycles. The molecule has 0 rings (SSSR count). The molecule has 7 heavy (non-hydrogen) atoms. The van der Waals surface area contributed by atoms with E-state index >= 15 is 0 Å². The van der Waals surface area contributed by atoms with Gasteiger partial charge in [0.15, 0.2) is 0 Å². The van der Waals surface area contributed by atoms with Gasteiger partial charge in [0.25, 0.3) is 0 Å². The Balaban J connectivity index is 3.33. The highest BCUT2D eigenvalue weighted by Gasteiger charge is 1.97. The van der Waals surface area contributed by atoms with Crippen LogP contribution in [-0.4, -0.2) is 23.9 Å². The van der Waals surface area contributed by atoms with Crippen LogP contribution in [0.1, 0.15) is 6.92 Å². The van der Waals surface area contributed by atoms with Crippen LogP contribution in [0.3, 0.4) is 0 Å². The van der Waals surface area contributed by atoms with Crippen molar-refractivity contribution >= 4 is 18.0 Å². The Bertz CT molecular complexity index is 64.7. The molecule has 0 N–H and O–H groups in total. The second-order valence-corrected chi connectivity index (χ2v) is 1.98. The molecule has 1 amide bonds. The summed E-state index contributed by atoms with van der Waals surface area (Å²) >= 11 is 5.42. The summed E-state index contributed by atoms with van der Waals surface area (Å²) in [5, 5.41) is 0. The molecular formula is C4H8ClNO. The zero-order chi connectivity index (χ0) is 5.86. The van der Waals surface area contributed by atoms with Crippen molar-refractivity contribution in [3.63, 3.8) is 0 Å². The molecule has 0 aromatic carbocycles. The minimum absolute atomic E-state index is 0.197. The highest BCUT2D eigenvalue weighted by Crippen LogP contribution is 1.94. The zero-order valence-corrected chi connectivity index (χ0v) is 5.14. The van der Waals surface area contributed by atoms with E-state index in [2.05, 4.69) is 0 Å². The summed E-state index contributed by atoms with van der Waals surface area (Å²) < 4.78 is 0. The van der Waals surface area contributed by atoms with Gasteiger partial charge in [0.2, 0.25) is 6.41 Å². The number of halogens is 1. The molecule has 0 aliphatic carbocycles. The number of hydrogen-bond donors (Lipinski definition) is 0.